The third-order valence-electron chi connectivity index (χ3n) is 2.76. The average molecular weight is 251 g/mol. The van der Waals surface area contributed by atoms with E-state index in [1.165, 1.54) is 6.33 Å². The van der Waals surface area contributed by atoms with Crippen LogP contribution in [0.4, 0.5) is 0 Å². The van der Waals surface area contributed by atoms with Gasteiger partial charge < -0.3 is 9.72 Å². The summed E-state index contributed by atoms with van der Waals surface area (Å²) >= 11 is 0. The molecule has 3 rings (SSSR count). The zero-order chi connectivity index (χ0) is 13.1. The highest BCUT2D eigenvalue weighted by Crippen LogP contribution is 2.26. The lowest BCUT2D eigenvalue weighted by molar-refractivity contribution is 0.467. The number of para-hydroxylation sites is 1. The maximum Gasteiger partial charge on any atom is 0.247 e. The number of aromatic amines is 1. The summed E-state index contributed by atoms with van der Waals surface area (Å²) < 4.78 is 5.77. The van der Waals surface area contributed by atoms with Crippen LogP contribution in [0.3, 0.4) is 0 Å². The van der Waals surface area contributed by atoms with Crippen LogP contribution in [0.1, 0.15) is 5.69 Å². The van der Waals surface area contributed by atoms with Crippen molar-refractivity contribution in [1.29, 1.82) is 0 Å². The zero-order valence-corrected chi connectivity index (χ0v) is 10.3. The summed E-state index contributed by atoms with van der Waals surface area (Å²) in [7, 11) is 0. The van der Waals surface area contributed by atoms with Crippen molar-refractivity contribution in [2.45, 2.75) is 6.42 Å². The monoisotopic (exact) mass is 251 g/mol. The topological polar surface area (TPSA) is 50.8 Å². The minimum absolute atomic E-state index is 0.534. The van der Waals surface area contributed by atoms with Crippen LogP contribution in [0.15, 0.2) is 55.4 Å². The molecule has 0 atom stereocenters. The summed E-state index contributed by atoms with van der Waals surface area (Å²) in [5.41, 5.74) is 2.70. The van der Waals surface area contributed by atoms with E-state index in [0.717, 1.165) is 28.9 Å². The van der Waals surface area contributed by atoms with Gasteiger partial charge in [-0.15, -0.1) is 6.58 Å². The van der Waals surface area contributed by atoms with E-state index in [-0.39, 0.29) is 0 Å². The lowest BCUT2D eigenvalue weighted by atomic mass is 10.3. The van der Waals surface area contributed by atoms with Crippen LogP contribution in [0, 0.1) is 0 Å². The van der Waals surface area contributed by atoms with Gasteiger partial charge in [-0.3, -0.25) is 0 Å². The Morgan fingerprint density at radius 2 is 2.05 bits per heavy atom. The van der Waals surface area contributed by atoms with Crippen molar-refractivity contribution in [2.24, 2.45) is 0 Å². The van der Waals surface area contributed by atoms with Crippen molar-refractivity contribution in [3.63, 3.8) is 0 Å². The number of rotatable bonds is 4. The van der Waals surface area contributed by atoms with Gasteiger partial charge in [-0.1, -0.05) is 24.3 Å². The second kappa shape index (κ2) is 4.94. The van der Waals surface area contributed by atoms with Gasteiger partial charge in [0.2, 0.25) is 5.88 Å². The molecule has 0 aliphatic heterocycles. The minimum atomic E-state index is 0.534. The van der Waals surface area contributed by atoms with Crippen molar-refractivity contribution >= 4 is 11.0 Å². The highest BCUT2D eigenvalue weighted by molar-refractivity contribution is 5.80. The van der Waals surface area contributed by atoms with Crippen LogP contribution in [-0.4, -0.2) is 15.0 Å². The molecule has 2 heterocycles. The summed E-state index contributed by atoms with van der Waals surface area (Å²) in [6.07, 6.45) is 4.11. The maximum absolute atomic E-state index is 5.77. The fourth-order valence-corrected chi connectivity index (χ4v) is 1.91. The van der Waals surface area contributed by atoms with Crippen LogP contribution in [-0.2, 0) is 6.42 Å². The van der Waals surface area contributed by atoms with E-state index >= 15 is 0 Å². The minimum Gasteiger partial charge on any atom is -0.437 e. The molecule has 0 amide bonds. The molecule has 1 aromatic carbocycles. The van der Waals surface area contributed by atoms with E-state index in [0.29, 0.717) is 5.88 Å². The molecule has 4 heteroatoms. The molecule has 19 heavy (non-hydrogen) atoms. The Balaban J connectivity index is 2.01. The number of allylic oxidation sites excluding steroid dienone is 1. The lowest BCUT2D eigenvalue weighted by Gasteiger charge is -2.04. The van der Waals surface area contributed by atoms with E-state index in [2.05, 4.69) is 21.5 Å². The Bertz CT molecular complexity index is 704. The van der Waals surface area contributed by atoms with E-state index in [4.69, 9.17) is 4.74 Å². The quantitative estimate of drug-likeness (QED) is 0.722. The molecule has 1 N–H and O–H groups in total. The molecule has 0 saturated heterocycles. The molecule has 0 unspecified atom stereocenters. The molecular formula is C15H13N3O. The number of fused-ring (bicyclic) bond motifs is 1. The molecule has 0 saturated carbocycles. The van der Waals surface area contributed by atoms with Gasteiger partial charge in [0, 0.05) is 12.1 Å². The zero-order valence-electron chi connectivity index (χ0n) is 10.3. The van der Waals surface area contributed by atoms with Crippen molar-refractivity contribution in [3.8, 4) is 11.6 Å². The SMILES string of the molecule is C=CCc1cc2ncnc(Oc3ccccc3)c2[nH]1. The first-order valence-corrected chi connectivity index (χ1v) is 6.03. The molecule has 2 aromatic heterocycles. The molecule has 0 fully saturated rings. The second-order valence-electron chi connectivity index (χ2n) is 4.14. The predicted octanol–water partition coefficient (Wildman–Crippen LogP) is 3.48. The average Bonchev–Trinajstić information content (AvgIpc) is 2.84. The summed E-state index contributed by atoms with van der Waals surface area (Å²) in [5, 5.41) is 0. The first-order chi connectivity index (χ1) is 9.36. The van der Waals surface area contributed by atoms with Gasteiger partial charge in [-0.2, -0.15) is 4.98 Å². The molecule has 3 aromatic rings. The number of nitrogens with one attached hydrogen (secondary N) is 1. The number of hydrogen-bond donors (Lipinski definition) is 1. The third-order valence-corrected chi connectivity index (χ3v) is 2.76. The van der Waals surface area contributed by atoms with Crippen LogP contribution in [0.2, 0.25) is 0 Å². The summed E-state index contributed by atoms with van der Waals surface area (Å²) in [6.45, 7) is 3.73. The Hall–Kier alpha value is -2.62. The predicted molar refractivity (Wildman–Crippen MR) is 74.3 cm³/mol. The lowest BCUT2D eigenvalue weighted by Crippen LogP contribution is -1.90. The van der Waals surface area contributed by atoms with Crippen LogP contribution in [0.5, 0.6) is 11.6 Å². The van der Waals surface area contributed by atoms with Gasteiger partial charge in [0.25, 0.3) is 0 Å². The second-order valence-corrected chi connectivity index (χ2v) is 4.14. The van der Waals surface area contributed by atoms with E-state index in [1.54, 1.807) is 0 Å². The number of aromatic nitrogens is 3. The van der Waals surface area contributed by atoms with Gasteiger partial charge >= 0.3 is 0 Å². The summed E-state index contributed by atoms with van der Waals surface area (Å²) in [5.74, 6) is 1.29. The van der Waals surface area contributed by atoms with Crippen molar-refractivity contribution in [1.82, 2.24) is 15.0 Å². The fourth-order valence-electron chi connectivity index (χ4n) is 1.91. The van der Waals surface area contributed by atoms with Gasteiger partial charge in [0.15, 0.2) is 0 Å². The van der Waals surface area contributed by atoms with Crippen molar-refractivity contribution < 1.29 is 4.74 Å². The van der Waals surface area contributed by atoms with Crippen LogP contribution < -0.4 is 4.74 Å². The van der Waals surface area contributed by atoms with Gasteiger partial charge in [-0.05, 0) is 18.2 Å². The largest absolute Gasteiger partial charge is 0.437 e. The number of nitrogens with zero attached hydrogens (tertiary/aromatic N) is 2. The smallest absolute Gasteiger partial charge is 0.247 e. The Morgan fingerprint density at radius 3 is 2.84 bits per heavy atom. The summed E-state index contributed by atoms with van der Waals surface area (Å²) in [4.78, 5) is 11.7. The highest BCUT2D eigenvalue weighted by Gasteiger charge is 2.09. The first-order valence-electron chi connectivity index (χ1n) is 6.03. The van der Waals surface area contributed by atoms with E-state index < -0.39 is 0 Å². The number of ether oxygens (including phenoxy) is 1. The van der Waals surface area contributed by atoms with Gasteiger partial charge in [-0.25, -0.2) is 4.98 Å². The molecule has 0 aliphatic carbocycles. The first kappa shape index (κ1) is 11.5. The van der Waals surface area contributed by atoms with Gasteiger partial charge in [0.1, 0.15) is 17.6 Å². The molecule has 0 radical (unpaired) electrons. The molecule has 94 valence electrons. The van der Waals surface area contributed by atoms with Gasteiger partial charge in [0.05, 0.1) is 5.52 Å². The van der Waals surface area contributed by atoms with Crippen molar-refractivity contribution in [2.75, 3.05) is 0 Å². The number of benzene rings is 1. The molecule has 0 bridgehead atoms. The third kappa shape index (κ3) is 2.33. The molecular weight excluding hydrogens is 238 g/mol. The molecule has 0 spiro atoms. The maximum atomic E-state index is 5.77. The Morgan fingerprint density at radius 1 is 1.21 bits per heavy atom. The standard InChI is InChI=1S/C15H13N3O/c1-2-6-11-9-13-14(18-11)15(17-10-16-13)19-12-7-4-3-5-8-12/h2-5,7-10,18H,1,6H2. The highest BCUT2D eigenvalue weighted by atomic mass is 16.5. The molecule has 4 nitrogen and oxygen atoms in total. The summed E-state index contributed by atoms with van der Waals surface area (Å²) in [6, 6.07) is 11.6. The normalized spacial score (nSPS) is 10.5. The number of hydrogen-bond acceptors (Lipinski definition) is 3. The van der Waals surface area contributed by atoms with Crippen LogP contribution in [0.25, 0.3) is 11.0 Å². The molecule has 0 aliphatic rings. The Labute approximate surface area is 110 Å². The van der Waals surface area contributed by atoms with E-state index in [1.807, 2.05) is 42.5 Å². The van der Waals surface area contributed by atoms with Crippen LogP contribution >= 0.6 is 0 Å². The Kier molecular flexibility index (Phi) is 2.98. The number of H-pyrrole nitrogens is 1. The van der Waals surface area contributed by atoms with E-state index in [9.17, 15) is 0 Å². The van der Waals surface area contributed by atoms with Crippen molar-refractivity contribution in [3.05, 3.63) is 61.1 Å². The fraction of sp³-hybridized carbons (Fsp3) is 0.0667.